The number of allylic oxidation sites excluding steroid dienone is 6. The number of nitrogens with one attached hydrogen (secondary N) is 2. The zero-order valence-corrected chi connectivity index (χ0v) is 30.9. The standard InChI is InChI=1S/C38H50Cl2N6O3/c1-7-10-34(33(41-4)15-12-27(2)45-18-9-21-49-22-20-45)44-37-26-35-29(11-8-16-42-37)23-30(38-43-17-19-46(35)38)13-14-31(40)24-32(47-5)25-36(48-6)28(3)39/h7,10-12,15,17,19,23-27,31,41H,3,8-9,13-14,16,18,20-22H2,1-2,4-6H3,(H,42,44)/b10-7-,15-12?,29-11?,32-24?,34-33-,35-26+,36-25+. The zero-order valence-electron chi connectivity index (χ0n) is 29.3. The summed E-state index contributed by atoms with van der Waals surface area (Å²) in [6.07, 6.45) is 23.5. The fraction of sp³-hybridized carbons (Fsp3) is 0.421. The maximum atomic E-state index is 6.77. The molecule has 2 unspecified atom stereocenters. The average molecular weight is 710 g/mol. The number of likely N-dealkylation sites (N-methyl/N-ethyl adjacent to an activating group) is 1. The Kier molecular flexibility index (Phi) is 15.1. The van der Waals surface area contributed by atoms with Crippen molar-refractivity contribution in [1.29, 1.82) is 0 Å². The summed E-state index contributed by atoms with van der Waals surface area (Å²) in [5.41, 5.74) is 3.92. The highest BCUT2D eigenvalue weighted by Crippen LogP contribution is 2.19. The Balaban J connectivity index is 1.61. The Morgan fingerprint density at radius 1 is 1.18 bits per heavy atom. The highest BCUT2D eigenvalue weighted by Gasteiger charge is 2.15. The van der Waals surface area contributed by atoms with Crippen LogP contribution in [-0.4, -0.2) is 85.7 Å². The quantitative estimate of drug-likeness (QED) is 0.156. The van der Waals surface area contributed by atoms with Crippen molar-refractivity contribution in [3.63, 3.8) is 0 Å². The van der Waals surface area contributed by atoms with Crippen LogP contribution in [0.25, 0.3) is 17.8 Å². The third-order valence-corrected chi connectivity index (χ3v) is 8.95. The molecule has 2 aliphatic rings. The number of imidazole rings is 1. The van der Waals surface area contributed by atoms with E-state index in [2.05, 4.69) is 69.9 Å². The van der Waals surface area contributed by atoms with Gasteiger partial charge in [0.15, 0.2) is 0 Å². The monoisotopic (exact) mass is 708 g/mol. The zero-order chi connectivity index (χ0) is 35.2. The summed E-state index contributed by atoms with van der Waals surface area (Å²) in [6.45, 7) is 12.2. The molecule has 11 heteroatoms. The largest absolute Gasteiger partial charge is 0.497 e. The predicted octanol–water partition coefficient (Wildman–Crippen LogP) is 5.31. The van der Waals surface area contributed by atoms with Crippen LogP contribution in [0.4, 0.5) is 0 Å². The number of hydrogen-bond donors (Lipinski definition) is 2. The molecule has 0 aliphatic carbocycles. The van der Waals surface area contributed by atoms with Crippen LogP contribution in [0.1, 0.15) is 38.7 Å². The lowest BCUT2D eigenvalue weighted by Gasteiger charge is -2.24. The number of halogens is 2. The Labute approximate surface area is 300 Å². The topological polar surface area (TPSA) is 84.7 Å². The Morgan fingerprint density at radius 3 is 2.76 bits per heavy atom. The first kappa shape index (κ1) is 38.0. The summed E-state index contributed by atoms with van der Waals surface area (Å²) in [5.74, 6) is 1.75. The van der Waals surface area contributed by atoms with Gasteiger partial charge < -0.3 is 24.8 Å². The van der Waals surface area contributed by atoms with Gasteiger partial charge in [-0.1, -0.05) is 36.4 Å². The molecule has 9 nitrogen and oxygen atoms in total. The van der Waals surface area contributed by atoms with Gasteiger partial charge in [-0.25, -0.2) is 4.98 Å². The van der Waals surface area contributed by atoms with Gasteiger partial charge in [0.1, 0.15) is 23.0 Å². The molecule has 4 heterocycles. The van der Waals surface area contributed by atoms with Crippen LogP contribution in [0.15, 0.2) is 94.4 Å². The average Bonchev–Trinajstić information content (AvgIpc) is 3.41. The van der Waals surface area contributed by atoms with E-state index in [1.807, 2.05) is 38.5 Å². The summed E-state index contributed by atoms with van der Waals surface area (Å²) in [7, 11) is 5.06. The van der Waals surface area contributed by atoms with Crippen LogP contribution in [0.3, 0.4) is 0 Å². The molecule has 0 spiro atoms. The number of nitrogens with zero attached hydrogens (tertiary/aromatic N) is 4. The van der Waals surface area contributed by atoms with Crippen molar-refractivity contribution < 1.29 is 14.2 Å². The summed E-state index contributed by atoms with van der Waals surface area (Å²) >= 11 is 12.8. The van der Waals surface area contributed by atoms with E-state index in [1.165, 1.54) is 7.11 Å². The lowest BCUT2D eigenvalue weighted by molar-refractivity contribution is 0.138. The molecule has 1 fully saturated rings. The molecule has 2 atom stereocenters. The van der Waals surface area contributed by atoms with Gasteiger partial charge in [0.2, 0.25) is 0 Å². The number of hydrogen-bond acceptors (Lipinski definition) is 8. The summed E-state index contributed by atoms with van der Waals surface area (Å²) in [5, 5.41) is 9.14. The fourth-order valence-corrected chi connectivity index (χ4v) is 6.17. The number of aryl methyl sites for hydroxylation is 1. The molecule has 0 amide bonds. The second-order valence-corrected chi connectivity index (χ2v) is 12.8. The van der Waals surface area contributed by atoms with Crippen molar-refractivity contribution >= 4 is 46.8 Å². The van der Waals surface area contributed by atoms with Gasteiger partial charge in [-0.05, 0) is 74.6 Å². The first-order valence-electron chi connectivity index (χ1n) is 16.8. The van der Waals surface area contributed by atoms with E-state index in [1.54, 1.807) is 13.2 Å². The first-order valence-corrected chi connectivity index (χ1v) is 17.6. The number of aromatic nitrogens is 2. The number of amidine groups is 1. The number of rotatable bonds is 14. The molecule has 2 aromatic heterocycles. The van der Waals surface area contributed by atoms with Crippen molar-refractivity contribution in [2.24, 2.45) is 4.99 Å². The van der Waals surface area contributed by atoms with Crippen LogP contribution >= 0.6 is 23.2 Å². The lowest BCUT2D eigenvalue weighted by atomic mass is 10.1. The highest BCUT2D eigenvalue weighted by molar-refractivity contribution is 6.31. The number of methoxy groups -OCH3 is 2. The summed E-state index contributed by atoms with van der Waals surface area (Å²) in [4.78, 5) is 12.1. The molecule has 1 saturated heterocycles. The van der Waals surface area contributed by atoms with E-state index >= 15 is 0 Å². The highest BCUT2D eigenvalue weighted by atomic mass is 35.5. The van der Waals surface area contributed by atoms with Crippen LogP contribution in [0, 0.1) is 0 Å². The number of pyridine rings is 1. The first-order chi connectivity index (χ1) is 23.8. The smallest absolute Gasteiger partial charge is 0.140 e. The lowest BCUT2D eigenvalue weighted by Crippen LogP contribution is -2.37. The predicted molar refractivity (Wildman–Crippen MR) is 203 cm³/mol. The Hall–Kier alpha value is -3.76. The van der Waals surface area contributed by atoms with Crippen molar-refractivity contribution in [1.82, 2.24) is 24.9 Å². The van der Waals surface area contributed by atoms with Crippen molar-refractivity contribution in [3.05, 3.63) is 106 Å². The van der Waals surface area contributed by atoms with Crippen LogP contribution in [-0.2, 0) is 20.6 Å². The van der Waals surface area contributed by atoms with Crippen LogP contribution in [0.5, 0.6) is 0 Å². The molecular weight excluding hydrogens is 659 g/mol. The number of ether oxygens (including phenoxy) is 3. The Morgan fingerprint density at radius 2 is 2.02 bits per heavy atom. The number of alkyl halides is 1. The SMILES string of the molecule is C=C(Cl)/C(=C\C(=CC(Cl)CCc1cc2/c(n3ccnc13)=C\C(NC(/C=C\C)=C(/C=CC(C)N1CCCOCC1)NC)=NCCC=2)OC)OC. The van der Waals surface area contributed by atoms with Crippen LogP contribution in [0.2, 0.25) is 0 Å². The van der Waals surface area contributed by atoms with E-state index < -0.39 is 0 Å². The molecule has 0 radical (unpaired) electrons. The van der Waals surface area contributed by atoms with E-state index in [0.29, 0.717) is 24.5 Å². The second kappa shape index (κ2) is 19.4. The van der Waals surface area contributed by atoms with Crippen molar-refractivity contribution in [2.75, 3.05) is 54.1 Å². The Bertz CT molecular complexity index is 1750. The molecule has 264 valence electrons. The van der Waals surface area contributed by atoms with Gasteiger partial charge in [-0.3, -0.25) is 14.3 Å². The fourth-order valence-electron chi connectivity index (χ4n) is 5.81. The summed E-state index contributed by atoms with van der Waals surface area (Å²) < 4.78 is 18.6. The van der Waals surface area contributed by atoms with Crippen molar-refractivity contribution in [3.8, 4) is 0 Å². The van der Waals surface area contributed by atoms with Gasteiger partial charge >= 0.3 is 0 Å². The molecule has 0 bridgehead atoms. The molecule has 4 rings (SSSR count). The number of fused-ring (bicyclic) bond motifs is 3. The normalized spacial score (nSPS) is 19.0. The molecular formula is C38H50Cl2N6O3. The molecule has 49 heavy (non-hydrogen) atoms. The minimum Gasteiger partial charge on any atom is -0.497 e. The minimum atomic E-state index is -0.294. The molecule has 0 aromatic carbocycles. The van der Waals surface area contributed by atoms with Gasteiger partial charge in [0.05, 0.1) is 48.0 Å². The van der Waals surface area contributed by atoms with E-state index in [9.17, 15) is 0 Å². The van der Waals surface area contributed by atoms with E-state index in [4.69, 9.17) is 47.4 Å². The van der Waals surface area contributed by atoms with Crippen molar-refractivity contribution in [2.45, 2.75) is 50.9 Å². The molecule has 0 saturated carbocycles. The minimum absolute atomic E-state index is 0.285. The molecule has 2 N–H and O–H groups in total. The summed E-state index contributed by atoms with van der Waals surface area (Å²) in [6, 6.07) is 2.51. The van der Waals surface area contributed by atoms with Gasteiger partial charge in [0.25, 0.3) is 0 Å². The third-order valence-electron chi connectivity index (χ3n) is 8.42. The second-order valence-electron chi connectivity index (χ2n) is 11.8. The maximum absolute atomic E-state index is 6.77. The number of aliphatic imine (C=N–C) groups is 1. The van der Waals surface area contributed by atoms with Gasteiger partial charge in [-0.2, -0.15) is 0 Å². The van der Waals surface area contributed by atoms with Gasteiger partial charge in [0, 0.05) is 63.9 Å². The van der Waals surface area contributed by atoms with E-state index in [-0.39, 0.29) is 16.5 Å². The molecule has 2 aromatic rings. The van der Waals surface area contributed by atoms with Crippen LogP contribution < -0.4 is 21.2 Å². The molecule has 2 aliphatic heterocycles. The van der Waals surface area contributed by atoms with E-state index in [0.717, 1.165) is 84.6 Å². The maximum Gasteiger partial charge on any atom is 0.140 e. The third kappa shape index (κ3) is 10.9. The van der Waals surface area contributed by atoms with Gasteiger partial charge in [-0.15, -0.1) is 11.6 Å².